The number of rotatable bonds is 6. The number of esters is 2. The van der Waals surface area contributed by atoms with E-state index in [1.807, 2.05) is 30.3 Å². The lowest BCUT2D eigenvalue weighted by molar-refractivity contribution is -0.259. The molecule has 1 N–H and O–H groups in total. The Morgan fingerprint density at radius 2 is 2.00 bits per heavy atom. The zero-order valence-corrected chi connectivity index (χ0v) is 12.1. The lowest BCUT2D eigenvalue weighted by atomic mass is 9.99. The maximum absolute atomic E-state index is 12.2. The minimum Gasteiger partial charge on any atom is -0.467 e. The molecule has 0 radical (unpaired) electrons. The summed E-state index contributed by atoms with van der Waals surface area (Å²) in [7, 11) is 1.22. The third kappa shape index (κ3) is 4.03. The monoisotopic (exact) mass is 310 g/mol. The van der Waals surface area contributed by atoms with Crippen molar-refractivity contribution in [3.63, 3.8) is 0 Å². The van der Waals surface area contributed by atoms with Crippen LogP contribution in [-0.4, -0.2) is 43.1 Å². The van der Waals surface area contributed by atoms with E-state index in [9.17, 15) is 9.59 Å². The summed E-state index contributed by atoms with van der Waals surface area (Å²) in [6.07, 6.45) is -1.40. The van der Waals surface area contributed by atoms with E-state index in [0.717, 1.165) is 5.56 Å². The highest BCUT2D eigenvalue weighted by Crippen LogP contribution is 2.29. The van der Waals surface area contributed by atoms with Gasteiger partial charge in [-0.3, -0.25) is 10.1 Å². The van der Waals surface area contributed by atoms with Crippen molar-refractivity contribution in [1.82, 2.24) is 0 Å². The maximum Gasteiger partial charge on any atom is 0.335 e. The summed E-state index contributed by atoms with van der Waals surface area (Å²) in [5.41, 5.74) is 0.847. The van der Waals surface area contributed by atoms with Crippen LogP contribution in [-0.2, 0) is 35.3 Å². The number of carbonyl (C=O) groups is 2. The molecule has 7 nitrogen and oxygen atoms in total. The van der Waals surface area contributed by atoms with Gasteiger partial charge in [0.2, 0.25) is 0 Å². The van der Waals surface area contributed by atoms with Crippen LogP contribution < -0.4 is 0 Å². The first kappa shape index (κ1) is 16.4. The third-order valence-electron chi connectivity index (χ3n) is 3.44. The Morgan fingerprint density at radius 3 is 2.64 bits per heavy atom. The van der Waals surface area contributed by atoms with Crippen molar-refractivity contribution in [3.05, 3.63) is 35.9 Å². The number of benzene rings is 1. The van der Waals surface area contributed by atoms with Gasteiger partial charge in [-0.15, -0.1) is 0 Å². The quantitative estimate of drug-likeness (QED) is 0.479. The topological polar surface area (TPSA) is 91.3 Å². The summed E-state index contributed by atoms with van der Waals surface area (Å²) in [5, 5.41) is 8.47. The van der Waals surface area contributed by atoms with Crippen LogP contribution in [0.25, 0.3) is 0 Å². The average molecular weight is 310 g/mol. The summed E-state index contributed by atoms with van der Waals surface area (Å²) >= 11 is 0. The van der Waals surface area contributed by atoms with E-state index in [1.54, 1.807) is 0 Å². The molecule has 120 valence electrons. The van der Waals surface area contributed by atoms with Crippen molar-refractivity contribution in [3.8, 4) is 0 Å². The van der Waals surface area contributed by atoms with Crippen molar-refractivity contribution in [2.24, 2.45) is 5.92 Å². The molecule has 1 aliphatic rings. The molecule has 1 aliphatic heterocycles. The highest BCUT2D eigenvalue weighted by Gasteiger charge is 2.45. The molecule has 1 fully saturated rings. The Kier molecular flexibility index (Phi) is 5.88. The second-order valence-electron chi connectivity index (χ2n) is 4.93. The van der Waals surface area contributed by atoms with Crippen molar-refractivity contribution >= 4 is 11.9 Å². The van der Waals surface area contributed by atoms with Crippen LogP contribution >= 0.6 is 0 Å². The third-order valence-corrected chi connectivity index (χ3v) is 3.44. The molecular formula is C15H18O7. The fraction of sp³-hybridized carbons (Fsp3) is 0.467. The van der Waals surface area contributed by atoms with Crippen molar-refractivity contribution in [2.75, 3.05) is 13.7 Å². The van der Waals surface area contributed by atoms with Gasteiger partial charge in [0.25, 0.3) is 0 Å². The van der Waals surface area contributed by atoms with Crippen LogP contribution in [0.15, 0.2) is 30.3 Å². The molecule has 7 heteroatoms. The molecule has 3 atom stereocenters. The van der Waals surface area contributed by atoms with E-state index >= 15 is 0 Å². The zero-order chi connectivity index (χ0) is 15.9. The summed E-state index contributed by atoms with van der Waals surface area (Å²) in [4.78, 5) is 27.9. The molecule has 1 aromatic carbocycles. The number of methoxy groups -OCH3 is 1. The first-order chi connectivity index (χ1) is 10.7. The largest absolute Gasteiger partial charge is 0.467 e. The van der Waals surface area contributed by atoms with Gasteiger partial charge in [-0.25, -0.2) is 9.68 Å². The van der Waals surface area contributed by atoms with Gasteiger partial charge in [0.1, 0.15) is 13.2 Å². The van der Waals surface area contributed by atoms with Gasteiger partial charge < -0.3 is 14.2 Å². The molecule has 0 aliphatic carbocycles. The Bertz CT molecular complexity index is 502. The van der Waals surface area contributed by atoms with Gasteiger partial charge in [-0.2, -0.15) is 0 Å². The van der Waals surface area contributed by atoms with E-state index in [2.05, 4.69) is 9.62 Å². The van der Waals surface area contributed by atoms with Crippen LogP contribution in [0.5, 0.6) is 0 Å². The summed E-state index contributed by atoms with van der Waals surface area (Å²) in [6.45, 7) is -0.0127. The van der Waals surface area contributed by atoms with E-state index in [1.165, 1.54) is 7.11 Å². The standard InChI is InChI=1S/C15H18O7/c1-19-15(17)13-12(7-11(22-13)9-21-18)14(16)20-8-10-5-3-2-4-6-10/h2-6,11-13,18H,7-9H2,1H3/t11?,12-,13-/m0/s1. The molecule has 0 aromatic heterocycles. The van der Waals surface area contributed by atoms with Crippen LogP contribution in [0.4, 0.5) is 0 Å². The summed E-state index contributed by atoms with van der Waals surface area (Å²) < 4.78 is 15.2. The Labute approximate surface area is 127 Å². The van der Waals surface area contributed by atoms with Crippen LogP contribution in [0.2, 0.25) is 0 Å². The van der Waals surface area contributed by atoms with Crippen molar-refractivity contribution in [1.29, 1.82) is 0 Å². The highest BCUT2D eigenvalue weighted by molar-refractivity contribution is 5.84. The van der Waals surface area contributed by atoms with Gasteiger partial charge in [0.05, 0.1) is 19.1 Å². The summed E-state index contributed by atoms with van der Waals surface area (Å²) in [6, 6.07) is 9.21. The Morgan fingerprint density at radius 1 is 1.27 bits per heavy atom. The SMILES string of the molecule is COC(=O)[C@H]1OC(COO)C[C@@H]1C(=O)OCc1ccccc1. The maximum atomic E-state index is 12.2. The average Bonchev–Trinajstić information content (AvgIpc) is 2.97. The van der Waals surface area contributed by atoms with Gasteiger partial charge in [0, 0.05) is 0 Å². The molecule has 2 rings (SSSR count). The van der Waals surface area contributed by atoms with Gasteiger partial charge in [-0.1, -0.05) is 30.3 Å². The zero-order valence-electron chi connectivity index (χ0n) is 12.1. The highest BCUT2D eigenvalue weighted by atomic mass is 17.1. The van der Waals surface area contributed by atoms with Crippen LogP contribution in [0, 0.1) is 5.92 Å². The number of carbonyl (C=O) groups excluding carboxylic acids is 2. The molecule has 0 spiro atoms. The molecule has 1 heterocycles. The summed E-state index contributed by atoms with van der Waals surface area (Å²) in [5.74, 6) is -1.97. The number of hydrogen-bond donors (Lipinski definition) is 1. The Hall–Kier alpha value is -1.96. The fourth-order valence-electron chi connectivity index (χ4n) is 2.35. The normalized spacial score (nSPS) is 24.0. The Balaban J connectivity index is 1.97. The molecule has 1 aromatic rings. The molecule has 22 heavy (non-hydrogen) atoms. The second-order valence-corrected chi connectivity index (χ2v) is 4.93. The second kappa shape index (κ2) is 7.88. The lowest BCUT2D eigenvalue weighted by Crippen LogP contribution is -2.33. The molecule has 1 saturated heterocycles. The number of ether oxygens (including phenoxy) is 3. The lowest BCUT2D eigenvalue weighted by Gasteiger charge is -2.15. The molecule has 0 saturated carbocycles. The predicted molar refractivity (Wildman–Crippen MR) is 73.6 cm³/mol. The van der Waals surface area contributed by atoms with Gasteiger partial charge in [-0.05, 0) is 12.0 Å². The molecule has 0 bridgehead atoms. The molecular weight excluding hydrogens is 292 g/mol. The van der Waals surface area contributed by atoms with E-state index in [-0.39, 0.29) is 19.6 Å². The van der Waals surface area contributed by atoms with Crippen molar-refractivity contribution < 1.29 is 33.9 Å². The van der Waals surface area contributed by atoms with Gasteiger partial charge >= 0.3 is 11.9 Å². The predicted octanol–water partition coefficient (Wildman–Crippen LogP) is 1.17. The van der Waals surface area contributed by atoms with E-state index in [4.69, 9.17) is 14.7 Å². The molecule has 1 unspecified atom stereocenters. The minimum atomic E-state index is -1.05. The fourth-order valence-corrected chi connectivity index (χ4v) is 2.35. The van der Waals surface area contributed by atoms with E-state index in [0.29, 0.717) is 0 Å². The molecule has 0 amide bonds. The van der Waals surface area contributed by atoms with Crippen molar-refractivity contribution in [2.45, 2.75) is 25.2 Å². The van der Waals surface area contributed by atoms with Crippen LogP contribution in [0.1, 0.15) is 12.0 Å². The van der Waals surface area contributed by atoms with Gasteiger partial charge in [0.15, 0.2) is 6.10 Å². The number of hydrogen-bond acceptors (Lipinski definition) is 7. The minimum absolute atomic E-state index is 0.116. The van der Waals surface area contributed by atoms with E-state index < -0.39 is 30.1 Å². The first-order valence-corrected chi connectivity index (χ1v) is 6.86. The first-order valence-electron chi connectivity index (χ1n) is 6.86. The smallest absolute Gasteiger partial charge is 0.335 e. The van der Waals surface area contributed by atoms with Crippen LogP contribution in [0.3, 0.4) is 0 Å².